The molecule has 0 saturated heterocycles. The maximum atomic E-state index is 13.4. The molecular weight excluding hydrogens is 498 g/mol. The summed E-state index contributed by atoms with van der Waals surface area (Å²) in [5, 5.41) is 13.1. The zero-order valence-corrected chi connectivity index (χ0v) is 23.9. The Balaban J connectivity index is 1.88. The number of aliphatic hydroxyl groups excluding tert-OH is 1. The Morgan fingerprint density at radius 2 is 1.74 bits per heavy atom. The highest BCUT2D eigenvalue weighted by molar-refractivity contribution is 7.89. The predicted octanol–water partition coefficient (Wildman–Crippen LogP) is 4.98. The lowest BCUT2D eigenvalue weighted by Crippen LogP contribution is -2.44. The molecule has 0 heterocycles. The largest absolute Gasteiger partial charge is 0.399 e. The van der Waals surface area contributed by atoms with Crippen molar-refractivity contribution < 1.29 is 18.3 Å². The zero-order chi connectivity index (χ0) is 28.0. The van der Waals surface area contributed by atoms with Gasteiger partial charge in [0.2, 0.25) is 15.9 Å². The minimum Gasteiger partial charge on any atom is -0.399 e. The van der Waals surface area contributed by atoms with E-state index in [0.29, 0.717) is 44.5 Å². The molecule has 1 aromatic carbocycles. The van der Waals surface area contributed by atoms with Crippen molar-refractivity contribution in [1.29, 1.82) is 0 Å². The monoisotopic (exact) mass is 543 g/mol. The molecule has 7 nitrogen and oxygen atoms in total. The Labute approximate surface area is 229 Å². The minimum atomic E-state index is -3.79. The van der Waals surface area contributed by atoms with Crippen molar-refractivity contribution in [3.8, 4) is 0 Å². The van der Waals surface area contributed by atoms with Crippen LogP contribution >= 0.6 is 0 Å². The average Bonchev–Trinajstić information content (AvgIpc) is 2.88. The molecule has 0 fully saturated rings. The summed E-state index contributed by atoms with van der Waals surface area (Å²) in [5.41, 5.74) is 7.38. The van der Waals surface area contributed by atoms with E-state index in [0.717, 1.165) is 18.4 Å². The number of benzene rings is 1. The summed E-state index contributed by atoms with van der Waals surface area (Å²) >= 11 is 0. The number of nitrogens with zero attached hydrogens (tertiary/aromatic N) is 1. The van der Waals surface area contributed by atoms with Gasteiger partial charge in [0.15, 0.2) is 0 Å². The Morgan fingerprint density at radius 3 is 2.39 bits per heavy atom. The van der Waals surface area contributed by atoms with Gasteiger partial charge in [0.05, 0.1) is 11.5 Å². The molecule has 38 heavy (non-hydrogen) atoms. The van der Waals surface area contributed by atoms with Gasteiger partial charge in [0.1, 0.15) is 0 Å². The van der Waals surface area contributed by atoms with Crippen LogP contribution in [0.1, 0.15) is 59.3 Å². The third-order valence-electron chi connectivity index (χ3n) is 6.41. The van der Waals surface area contributed by atoms with E-state index in [1.165, 1.54) is 16.4 Å². The van der Waals surface area contributed by atoms with Gasteiger partial charge in [-0.2, -0.15) is 4.31 Å². The second-order valence-corrected chi connectivity index (χ2v) is 12.2. The average molecular weight is 544 g/mol. The Morgan fingerprint density at radius 1 is 1.05 bits per heavy atom. The zero-order valence-electron chi connectivity index (χ0n) is 23.1. The maximum Gasteiger partial charge on any atom is 0.243 e. The molecule has 2 rings (SSSR count). The van der Waals surface area contributed by atoms with Crippen molar-refractivity contribution in [2.75, 3.05) is 25.4 Å². The summed E-state index contributed by atoms with van der Waals surface area (Å²) in [6.45, 7) is 6.40. The summed E-state index contributed by atoms with van der Waals surface area (Å²) < 4.78 is 28.2. The van der Waals surface area contributed by atoms with Gasteiger partial charge < -0.3 is 16.2 Å². The quantitative estimate of drug-likeness (QED) is 0.226. The van der Waals surface area contributed by atoms with E-state index in [1.54, 1.807) is 12.1 Å². The smallest absolute Gasteiger partial charge is 0.243 e. The van der Waals surface area contributed by atoms with Crippen molar-refractivity contribution in [2.24, 2.45) is 11.8 Å². The summed E-state index contributed by atoms with van der Waals surface area (Å²) in [5.74, 6) is -0.0412. The van der Waals surface area contributed by atoms with E-state index >= 15 is 0 Å². The number of aliphatic hydroxyl groups is 1. The lowest BCUT2D eigenvalue weighted by molar-refractivity contribution is -0.124. The van der Waals surface area contributed by atoms with Crippen LogP contribution in [0, 0.1) is 11.8 Å². The summed E-state index contributed by atoms with van der Waals surface area (Å²) in [7, 11) is -3.79. The number of hydrogen-bond donors (Lipinski definition) is 3. The fourth-order valence-corrected chi connectivity index (χ4v) is 6.10. The van der Waals surface area contributed by atoms with Crippen molar-refractivity contribution in [3.63, 3.8) is 0 Å². The van der Waals surface area contributed by atoms with E-state index < -0.39 is 16.1 Å². The van der Waals surface area contributed by atoms with Gasteiger partial charge in [-0.1, -0.05) is 75.3 Å². The first-order valence-corrected chi connectivity index (χ1v) is 15.0. The van der Waals surface area contributed by atoms with Crippen LogP contribution in [0.5, 0.6) is 0 Å². The van der Waals surface area contributed by atoms with Crippen LogP contribution in [0.15, 0.2) is 77.3 Å². The van der Waals surface area contributed by atoms with Crippen LogP contribution < -0.4 is 11.1 Å². The number of sulfonamides is 1. The molecule has 4 N–H and O–H groups in total. The summed E-state index contributed by atoms with van der Waals surface area (Å²) in [6.07, 6.45) is 18.9. The van der Waals surface area contributed by atoms with Crippen molar-refractivity contribution in [1.82, 2.24) is 9.62 Å². The number of carbonyl (C=O) groups is 1. The van der Waals surface area contributed by atoms with E-state index in [9.17, 15) is 18.3 Å². The second-order valence-electron chi connectivity index (χ2n) is 10.3. The molecule has 0 aromatic heterocycles. The van der Waals surface area contributed by atoms with Crippen LogP contribution in [-0.2, 0) is 14.8 Å². The first-order valence-electron chi connectivity index (χ1n) is 13.6. The number of nitrogens with two attached hydrogens (primary N) is 1. The second kappa shape index (κ2) is 16.3. The number of unbranched alkanes of at least 4 members (excludes halogenated alkanes) is 1. The van der Waals surface area contributed by atoms with Gasteiger partial charge in [-0.25, -0.2) is 8.42 Å². The molecule has 0 saturated carbocycles. The summed E-state index contributed by atoms with van der Waals surface area (Å²) in [4.78, 5) is 12.8. The molecule has 1 aromatic rings. The van der Waals surface area contributed by atoms with E-state index in [4.69, 9.17) is 5.73 Å². The standard InChI is InChI=1S/C30H45N3O4S/c1-24(2)22-33(38(36,37)29-18-16-27(31)17-19-29)28(23-34)15-11-12-20-32-30(35)25(3)21-26-13-9-7-5-4-6-8-10-14-26/h4-7,10,13-14,16-19,24-25,28,34H,8-9,11-12,15,20-23,31H2,1-3H3,(H,32,35)/b6-4-,7-5-,14-10-,26-13+/t25-,28-/m0/s1. The molecule has 1 aliphatic carbocycles. The van der Waals surface area contributed by atoms with E-state index in [1.807, 2.05) is 32.9 Å². The molecule has 0 unspecified atom stereocenters. The number of rotatable bonds is 14. The highest BCUT2D eigenvalue weighted by atomic mass is 32.2. The molecule has 1 amide bonds. The van der Waals surface area contributed by atoms with Crippen LogP contribution in [0.4, 0.5) is 5.69 Å². The van der Waals surface area contributed by atoms with E-state index in [2.05, 4.69) is 35.7 Å². The topological polar surface area (TPSA) is 113 Å². The molecule has 210 valence electrons. The number of allylic oxidation sites excluding steroid dienone is 8. The molecule has 0 spiro atoms. The number of amides is 1. The SMILES string of the molecule is CC(C)CN([C@H](CO)CCCCNC(=O)[C@@H](C)CC1=C/C/C=C\C=C/C/C=C\1)S(=O)(=O)c1ccc(N)cc1. The molecule has 0 bridgehead atoms. The van der Waals surface area contributed by atoms with Crippen molar-refractivity contribution >= 4 is 21.6 Å². The Hall–Kier alpha value is -2.68. The van der Waals surface area contributed by atoms with Crippen molar-refractivity contribution in [3.05, 3.63) is 72.4 Å². The molecule has 2 atom stereocenters. The maximum absolute atomic E-state index is 13.4. The highest BCUT2D eigenvalue weighted by Crippen LogP contribution is 2.23. The lowest BCUT2D eigenvalue weighted by atomic mass is 9.98. The van der Waals surface area contributed by atoms with Gasteiger partial charge in [0, 0.05) is 30.7 Å². The molecule has 0 radical (unpaired) electrons. The fraction of sp³-hybridized carbons (Fsp3) is 0.500. The minimum absolute atomic E-state index is 0.0119. The van der Waals surface area contributed by atoms with Gasteiger partial charge in [-0.05, 0) is 62.3 Å². The molecule has 0 aliphatic heterocycles. The summed E-state index contributed by atoms with van der Waals surface area (Å²) in [6, 6.07) is 5.60. The Bertz CT molecular complexity index is 1090. The van der Waals surface area contributed by atoms with Crippen molar-refractivity contribution in [2.45, 2.75) is 70.2 Å². The van der Waals surface area contributed by atoms with Gasteiger partial charge >= 0.3 is 0 Å². The van der Waals surface area contributed by atoms with Crippen LogP contribution in [0.25, 0.3) is 0 Å². The number of nitrogens with one attached hydrogen (secondary N) is 1. The van der Waals surface area contributed by atoms with Gasteiger partial charge in [-0.3, -0.25) is 4.79 Å². The predicted molar refractivity (Wildman–Crippen MR) is 156 cm³/mol. The van der Waals surface area contributed by atoms with Gasteiger partial charge in [0.25, 0.3) is 0 Å². The first kappa shape index (κ1) is 31.5. The fourth-order valence-electron chi connectivity index (χ4n) is 4.29. The number of anilines is 1. The number of carbonyl (C=O) groups excluding carboxylic acids is 1. The molecule has 1 aliphatic rings. The normalized spacial score (nSPS) is 19.8. The van der Waals surface area contributed by atoms with Gasteiger partial charge in [-0.15, -0.1) is 0 Å². The highest BCUT2D eigenvalue weighted by Gasteiger charge is 2.31. The number of hydrogen-bond acceptors (Lipinski definition) is 5. The van der Waals surface area contributed by atoms with Crippen LogP contribution in [0.2, 0.25) is 0 Å². The molecular formula is C30H45N3O4S. The Kier molecular flexibility index (Phi) is 13.5. The van der Waals surface area contributed by atoms with Crippen LogP contribution in [0.3, 0.4) is 0 Å². The van der Waals surface area contributed by atoms with E-state index in [-0.39, 0.29) is 29.2 Å². The number of nitrogen functional groups attached to an aromatic ring is 1. The third kappa shape index (κ3) is 10.6. The lowest BCUT2D eigenvalue weighted by Gasteiger charge is -2.31. The van der Waals surface area contributed by atoms with Crippen LogP contribution in [-0.4, -0.2) is 49.5 Å². The third-order valence-corrected chi connectivity index (χ3v) is 8.34. The molecule has 8 heteroatoms. The first-order chi connectivity index (χ1) is 18.1.